The summed E-state index contributed by atoms with van der Waals surface area (Å²) in [4.78, 5) is 24.0. The van der Waals surface area contributed by atoms with Crippen LogP contribution >= 0.6 is 0 Å². The fourth-order valence-corrected chi connectivity index (χ4v) is 1.77. The minimum atomic E-state index is -0.527. The van der Waals surface area contributed by atoms with E-state index in [0.29, 0.717) is 6.54 Å². The second-order valence-electron chi connectivity index (χ2n) is 4.42. The van der Waals surface area contributed by atoms with Gasteiger partial charge in [0.15, 0.2) is 6.61 Å². The number of carbonyl (C=O) groups excluding carboxylic acids is 2. The van der Waals surface area contributed by atoms with Crippen molar-refractivity contribution in [1.82, 2.24) is 0 Å². The number of ether oxygens (including phenoxy) is 2. The first-order chi connectivity index (χ1) is 9.52. The van der Waals surface area contributed by atoms with Crippen LogP contribution in [0.2, 0.25) is 0 Å². The Morgan fingerprint density at radius 2 is 2.00 bits per heavy atom. The summed E-state index contributed by atoms with van der Waals surface area (Å²) in [5.41, 5.74) is 2.29. The zero-order chi connectivity index (χ0) is 15.0. The molecular weight excluding hydrogens is 258 g/mol. The van der Waals surface area contributed by atoms with Crippen molar-refractivity contribution in [3.05, 3.63) is 29.8 Å². The van der Waals surface area contributed by atoms with E-state index in [0.717, 1.165) is 12.2 Å². The molecule has 0 amide bonds. The van der Waals surface area contributed by atoms with Gasteiger partial charge in [0.05, 0.1) is 6.54 Å². The van der Waals surface area contributed by atoms with Crippen LogP contribution in [0.15, 0.2) is 24.3 Å². The first-order valence-corrected chi connectivity index (χ1v) is 6.63. The predicted molar refractivity (Wildman–Crippen MR) is 76.7 cm³/mol. The average molecular weight is 279 g/mol. The van der Waals surface area contributed by atoms with Gasteiger partial charge < -0.3 is 14.4 Å². The number of nitrogens with zero attached hydrogens (tertiary/aromatic N) is 1. The van der Waals surface area contributed by atoms with E-state index in [1.165, 1.54) is 12.5 Å². The molecule has 0 N–H and O–H groups in total. The minimum absolute atomic E-state index is 0.266. The Kier molecular flexibility index (Phi) is 6.56. The van der Waals surface area contributed by atoms with Crippen LogP contribution in [0.25, 0.3) is 0 Å². The number of esters is 2. The molecule has 0 bridgehead atoms. The summed E-state index contributed by atoms with van der Waals surface area (Å²) in [6, 6.07) is 8.15. The normalized spacial score (nSPS) is 9.95. The van der Waals surface area contributed by atoms with Gasteiger partial charge in [-0.15, -0.1) is 0 Å². The Morgan fingerprint density at radius 3 is 2.60 bits per heavy atom. The molecule has 5 nitrogen and oxygen atoms in total. The Bertz CT molecular complexity index is 459. The quantitative estimate of drug-likeness (QED) is 0.714. The number of anilines is 1. The molecule has 0 aliphatic heterocycles. The molecule has 5 heteroatoms. The zero-order valence-corrected chi connectivity index (χ0v) is 12.2. The SMILES string of the molecule is CCN(CCOC(=O)COC(C)=O)c1cccc(C)c1. The van der Waals surface area contributed by atoms with Crippen LogP contribution in [-0.4, -0.2) is 38.2 Å². The van der Waals surface area contributed by atoms with Gasteiger partial charge in [0.25, 0.3) is 0 Å². The molecule has 0 radical (unpaired) electrons. The van der Waals surface area contributed by atoms with Gasteiger partial charge in [0.1, 0.15) is 6.61 Å². The van der Waals surface area contributed by atoms with E-state index < -0.39 is 11.9 Å². The van der Waals surface area contributed by atoms with Crippen molar-refractivity contribution < 1.29 is 19.1 Å². The van der Waals surface area contributed by atoms with E-state index >= 15 is 0 Å². The average Bonchev–Trinajstić information content (AvgIpc) is 2.41. The second kappa shape index (κ2) is 8.19. The van der Waals surface area contributed by atoms with E-state index in [2.05, 4.69) is 15.7 Å². The first kappa shape index (κ1) is 16.0. The van der Waals surface area contributed by atoms with Crippen molar-refractivity contribution >= 4 is 17.6 Å². The van der Waals surface area contributed by atoms with Crippen molar-refractivity contribution in [3.8, 4) is 0 Å². The molecule has 0 aliphatic carbocycles. The topological polar surface area (TPSA) is 55.8 Å². The Labute approximate surface area is 119 Å². The number of hydrogen-bond acceptors (Lipinski definition) is 5. The van der Waals surface area contributed by atoms with Crippen LogP contribution in [0, 0.1) is 6.92 Å². The van der Waals surface area contributed by atoms with Gasteiger partial charge in [0, 0.05) is 19.2 Å². The third kappa shape index (κ3) is 5.73. The summed E-state index contributed by atoms with van der Waals surface area (Å²) in [6.07, 6.45) is 0. The molecule has 0 heterocycles. The lowest BCUT2D eigenvalue weighted by Crippen LogP contribution is -2.28. The largest absolute Gasteiger partial charge is 0.461 e. The van der Waals surface area contributed by atoms with Crippen molar-refractivity contribution in [2.45, 2.75) is 20.8 Å². The van der Waals surface area contributed by atoms with E-state index in [1.54, 1.807) is 0 Å². The lowest BCUT2D eigenvalue weighted by atomic mass is 10.2. The highest BCUT2D eigenvalue weighted by Crippen LogP contribution is 2.15. The molecule has 1 rings (SSSR count). The number of likely N-dealkylation sites (N-methyl/N-ethyl adjacent to an activating group) is 1. The summed E-state index contributed by atoms with van der Waals surface area (Å²) < 4.78 is 9.58. The third-order valence-electron chi connectivity index (χ3n) is 2.77. The molecule has 0 fully saturated rings. The molecule has 0 saturated heterocycles. The Morgan fingerprint density at radius 1 is 1.25 bits per heavy atom. The molecule has 1 aromatic rings. The standard InChI is InChI=1S/C15H21NO4/c1-4-16(14-7-5-6-12(2)10-14)8-9-19-15(18)11-20-13(3)17/h5-7,10H,4,8-9,11H2,1-3H3. The van der Waals surface area contributed by atoms with Crippen LogP contribution in [0.4, 0.5) is 5.69 Å². The predicted octanol–water partition coefficient (Wildman–Crippen LogP) is 1.93. The molecule has 110 valence electrons. The van der Waals surface area contributed by atoms with Crippen LogP contribution < -0.4 is 4.90 Å². The van der Waals surface area contributed by atoms with Gasteiger partial charge in [-0.25, -0.2) is 4.79 Å². The van der Waals surface area contributed by atoms with Crippen LogP contribution in [-0.2, 0) is 19.1 Å². The van der Waals surface area contributed by atoms with Gasteiger partial charge in [-0.1, -0.05) is 12.1 Å². The van der Waals surface area contributed by atoms with Crippen LogP contribution in [0.3, 0.4) is 0 Å². The molecular formula is C15H21NO4. The molecule has 0 aliphatic rings. The molecule has 0 spiro atoms. The van der Waals surface area contributed by atoms with E-state index in [-0.39, 0.29) is 13.2 Å². The van der Waals surface area contributed by atoms with Crippen molar-refractivity contribution in [1.29, 1.82) is 0 Å². The minimum Gasteiger partial charge on any atom is -0.461 e. The Hall–Kier alpha value is -2.04. The number of aryl methyl sites for hydroxylation is 1. The first-order valence-electron chi connectivity index (χ1n) is 6.63. The number of carbonyl (C=O) groups is 2. The maximum Gasteiger partial charge on any atom is 0.344 e. The molecule has 20 heavy (non-hydrogen) atoms. The maximum absolute atomic E-state index is 11.3. The van der Waals surface area contributed by atoms with Gasteiger partial charge in [-0.2, -0.15) is 0 Å². The lowest BCUT2D eigenvalue weighted by molar-refractivity contribution is -0.157. The van der Waals surface area contributed by atoms with Crippen molar-refractivity contribution in [2.24, 2.45) is 0 Å². The van der Waals surface area contributed by atoms with E-state index in [1.807, 2.05) is 32.0 Å². The highest BCUT2D eigenvalue weighted by molar-refractivity contribution is 5.75. The fourth-order valence-electron chi connectivity index (χ4n) is 1.77. The highest BCUT2D eigenvalue weighted by atomic mass is 16.6. The van der Waals surface area contributed by atoms with Gasteiger partial charge in [-0.3, -0.25) is 4.79 Å². The second-order valence-corrected chi connectivity index (χ2v) is 4.42. The summed E-state index contributed by atoms with van der Waals surface area (Å²) in [7, 11) is 0. The summed E-state index contributed by atoms with van der Waals surface area (Å²) in [6.45, 7) is 6.70. The summed E-state index contributed by atoms with van der Waals surface area (Å²) >= 11 is 0. The van der Waals surface area contributed by atoms with Crippen LogP contribution in [0.5, 0.6) is 0 Å². The maximum atomic E-state index is 11.3. The van der Waals surface area contributed by atoms with Crippen LogP contribution in [0.1, 0.15) is 19.4 Å². The van der Waals surface area contributed by atoms with E-state index in [9.17, 15) is 9.59 Å². The zero-order valence-electron chi connectivity index (χ0n) is 12.2. The lowest BCUT2D eigenvalue weighted by Gasteiger charge is -2.23. The molecule has 0 saturated carbocycles. The highest BCUT2D eigenvalue weighted by Gasteiger charge is 2.08. The number of hydrogen-bond donors (Lipinski definition) is 0. The summed E-state index contributed by atoms with van der Waals surface area (Å²) in [5.74, 6) is -1.02. The Balaban J connectivity index is 2.38. The molecule has 0 unspecified atom stereocenters. The molecule has 1 aromatic carbocycles. The summed E-state index contributed by atoms with van der Waals surface area (Å²) in [5, 5.41) is 0. The monoisotopic (exact) mass is 279 g/mol. The van der Waals surface area contributed by atoms with E-state index in [4.69, 9.17) is 4.74 Å². The number of rotatable bonds is 7. The smallest absolute Gasteiger partial charge is 0.344 e. The van der Waals surface area contributed by atoms with Crippen molar-refractivity contribution in [3.63, 3.8) is 0 Å². The molecule has 0 aromatic heterocycles. The fraction of sp³-hybridized carbons (Fsp3) is 0.467. The van der Waals surface area contributed by atoms with Gasteiger partial charge in [-0.05, 0) is 31.5 Å². The number of benzene rings is 1. The van der Waals surface area contributed by atoms with Crippen molar-refractivity contribution in [2.75, 3.05) is 31.2 Å². The van der Waals surface area contributed by atoms with Gasteiger partial charge in [0.2, 0.25) is 0 Å². The third-order valence-corrected chi connectivity index (χ3v) is 2.77. The molecule has 0 atom stereocenters. The van der Waals surface area contributed by atoms with Gasteiger partial charge >= 0.3 is 11.9 Å².